The average Bonchev–Trinajstić information content (AvgIpc) is 2.35. The second-order valence-corrected chi connectivity index (χ2v) is 8.58. The van der Waals surface area contributed by atoms with Crippen molar-refractivity contribution in [2.45, 2.75) is 58.8 Å². The van der Waals surface area contributed by atoms with Gasteiger partial charge in [0.2, 0.25) is 0 Å². The second-order valence-electron chi connectivity index (χ2n) is 6.18. The molecule has 0 fully saturated rings. The molecule has 0 spiro atoms. The minimum absolute atomic E-state index is 0.0416. The van der Waals surface area contributed by atoms with Crippen LogP contribution < -0.4 is 5.32 Å². The molecule has 21 heavy (non-hydrogen) atoms. The van der Waals surface area contributed by atoms with Crippen LogP contribution in [0.4, 0.5) is 0 Å². The smallest absolute Gasteiger partial charge is 0.151 e. The molecular weight excluding hydrogens is 282 g/mol. The Bertz CT molecular complexity index is 555. The first-order chi connectivity index (χ1) is 9.66. The highest BCUT2D eigenvalue weighted by molar-refractivity contribution is 7.91. The summed E-state index contributed by atoms with van der Waals surface area (Å²) in [6.07, 6.45) is 3.08. The van der Waals surface area contributed by atoms with Gasteiger partial charge in [0.25, 0.3) is 0 Å². The first-order valence-corrected chi connectivity index (χ1v) is 9.61. The van der Waals surface area contributed by atoms with Crippen molar-refractivity contribution in [3.63, 3.8) is 0 Å². The predicted octanol–water partition coefficient (Wildman–Crippen LogP) is 2.96. The van der Waals surface area contributed by atoms with E-state index in [-0.39, 0.29) is 11.3 Å². The minimum atomic E-state index is -3.05. The molecule has 0 radical (unpaired) electrons. The molecule has 1 aromatic carbocycles. The van der Waals surface area contributed by atoms with E-state index >= 15 is 0 Å². The number of hydrogen-bond donors (Lipinski definition) is 1. The number of aryl methyl sites for hydroxylation is 3. The van der Waals surface area contributed by atoms with Gasteiger partial charge >= 0.3 is 0 Å². The van der Waals surface area contributed by atoms with E-state index in [4.69, 9.17) is 0 Å². The third-order valence-electron chi connectivity index (χ3n) is 4.16. The summed E-state index contributed by atoms with van der Waals surface area (Å²) in [4.78, 5) is 0. The van der Waals surface area contributed by atoms with Crippen LogP contribution in [0.15, 0.2) is 12.1 Å². The van der Waals surface area contributed by atoms with Gasteiger partial charge in [-0.15, -0.1) is 0 Å². The van der Waals surface area contributed by atoms with Crippen LogP contribution in [0.25, 0.3) is 0 Å². The van der Waals surface area contributed by atoms with Crippen LogP contribution in [0, 0.1) is 20.8 Å². The first kappa shape index (κ1) is 18.2. The topological polar surface area (TPSA) is 46.2 Å². The van der Waals surface area contributed by atoms with E-state index in [9.17, 15) is 8.42 Å². The lowest BCUT2D eigenvalue weighted by Gasteiger charge is -2.26. The van der Waals surface area contributed by atoms with Crippen molar-refractivity contribution in [3.05, 3.63) is 34.4 Å². The lowest BCUT2D eigenvalue weighted by molar-refractivity contribution is 0.481. The van der Waals surface area contributed by atoms with Crippen LogP contribution in [-0.4, -0.2) is 32.5 Å². The molecule has 1 rings (SSSR count). The lowest BCUT2D eigenvalue weighted by atomic mass is 9.93. The van der Waals surface area contributed by atoms with E-state index in [2.05, 4.69) is 45.1 Å². The fraction of sp³-hybridized carbons (Fsp3) is 0.647. The maximum absolute atomic E-state index is 11.9. The summed E-state index contributed by atoms with van der Waals surface area (Å²) < 4.78 is 23.8. The molecule has 0 heterocycles. The maximum atomic E-state index is 11.9. The monoisotopic (exact) mass is 311 g/mol. The predicted molar refractivity (Wildman–Crippen MR) is 90.7 cm³/mol. The van der Waals surface area contributed by atoms with Gasteiger partial charge < -0.3 is 5.32 Å². The van der Waals surface area contributed by atoms with E-state index in [1.54, 1.807) is 0 Å². The Labute approximate surface area is 130 Å². The fourth-order valence-electron chi connectivity index (χ4n) is 2.78. The highest BCUT2D eigenvalue weighted by atomic mass is 32.2. The Morgan fingerprint density at radius 1 is 1.14 bits per heavy atom. The number of sulfone groups is 1. The third kappa shape index (κ3) is 5.11. The van der Waals surface area contributed by atoms with Crippen LogP contribution in [0.1, 0.15) is 42.5 Å². The molecule has 0 saturated carbocycles. The van der Waals surface area contributed by atoms with E-state index in [1.807, 2.05) is 6.92 Å². The van der Waals surface area contributed by atoms with Gasteiger partial charge in [-0.2, -0.15) is 0 Å². The van der Waals surface area contributed by atoms with Crippen molar-refractivity contribution in [1.82, 2.24) is 5.32 Å². The van der Waals surface area contributed by atoms with Crippen LogP contribution in [0.2, 0.25) is 0 Å². The molecule has 2 atom stereocenters. The fourth-order valence-corrected chi connectivity index (χ4v) is 3.57. The van der Waals surface area contributed by atoms with Crippen molar-refractivity contribution < 1.29 is 8.42 Å². The molecule has 1 aromatic rings. The molecule has 2 unspecified atom stereocenters. The molecule has 3 nitrogen and oxygen atoms in total. The number of nitrogens with one attached hydrogen (secondary N) is 1. The first-order valence-electron chi connectivity index (χ1n) is 7.65. The SMILES string of the molecule is CCCNC(Cc1c(C)cc(C)cc1C)C(C)S(C)(=O)=O. The lowest BCUT2D eigenvalue weighted by Crippen LogP contribution is -2.44. The highest BCUT2D eigenvalue weighted by Gasteiger charge is 2.26. The summed E-state index contributed by atoms with van der Waals surface area (Å²) in [6, 6.07) is 4.30. The molecule has 0 aromatic heterocycles. The summed E-state index contributed by atoms with van der Waals surface area (Å²) in [5.74, 6) is 0. The molecule has 0 aliphatic heterocycles. The van der Waals surface area contributed by atoms with Crippen LogP contribution >= 0.6 is 0 Å². The van der Waals surface area contributed by atoms with E-state index in [1.165, 1.54) is 28.5 Å². The number of hydrogen-bond acceptors (Lipinski definition) is 3. The Balaban J connectivity index is 3.07. The summed E-state index contributed by atoms with van der Waals surface area (Å²) in [6.45, 7) is 11.1. The Morgan fingerprint density at radius 2 is 1.67 bits per heavy atom. The van der Waals surface area contributed by atoms with Gasteiger partial charge in [-0.05, 0) is 63.8 Å². The Kier molecular flexibility index (Phi) is 6.41. The maximum Gasteiger partial charge on any atom is 0.151 e. The van der Waals surface area contributed by atoms with Crippen molar-refractivity contribution in [2.24, 2.45) is 0 Å². The Hall–Kier alpha value is -0.870. The minimum Gasteiger partial charge on any atom is -0.312 e. The summed E-state index contributed by atoms with van der Waals surface area (Å²) in [7, 11) is -3.05. The second kappa shape index (κ2) is 7.41. The van der Waals surface area contributed by atoms with Crippen molar-refractivity contribution in [2.75, 3.05) is 12.8 Å². The normalized spacial score (nSPS) is 15.0. The van der Waals surface area contributed by atoms with Gasteiger partial charge in [0.05, 0.1) is 5.25 Å². The molecular formula is C17H29NO2S. The number of benzene rings is 1. The molecule has 4 heteroatoms. The van der Waals surface area contributed by atoms with Gasteiger partial charge in [-0.25, -0.2) is 8.42 Å². The van der Waals surface area contributed by atoms with Gasteiger partial charge in [0, 0.05) is 12.3 Å². The molecule has 120 valence electrons. The average molecular weight is 311 g/mol. The van der Waals surface area contributed by atoms with Gasteiger partial charge in [-0.3, -0.25) is 0 Å². The molecule has 0 amide bonds. The molecule has 0 bridgehead atoms. The summed E-state index contributed by atoms with van der Waals surface area (Å²) in [5.41, 5.74) is 5.01. The largest absolute Gasteiger partial charge is 0.312 e. The Morgan fingerprint density at radius 3 is 2.10 bits per heavy atom. The number of rotatable bonds is 7. The summed E-state index contributed by atoms with van der Waals surface area (Å²) >= 11 is 0. The summed E-state index contributed by atoms with van der Waals surface area (Å²) in [5, 5.41) is 3.03. The van der Waals surface area contributed by atoms with Gasteiger partial charge in [0.1, 0.15) is 0 Å². The molecule has 1 N–H and O–H groups in total. The van der Waals surface area contributed by atoms with Crippen LogP contribution in [0.3, 0.4) is 0 Å². The van der Waals surface area contributed by atoms with Crippen LogP contribution in [-0.2, 0) is 16.3 Å². The van der Waals surface area contributed by atoms with E-state index < -0.39 is 9.84 Å². The molecule has 0 aliphatic rings. The van der Waals surface area contributed by atoms with Gasteiger partial charge in [-0.1, -0.05) is 24.6 Å². The van der Waals surface area contributed by atoms with Crippen LogP contribution in [0.5, 0.6) is 0 Å². The molecule has 0 saturated heterocycles. The zero-order valence-corrected chi connectivity index (χ0v) is 15.0. The van der Waals surface area contributed by atoms with Gasteiger partial charge in [0.15, 0.2) is 9.84 Å². The van der Waals surface area contributed by atoms with Crippen molar-refractivity contribution >= 4 is 9.84 Å². The van der Waals surface area contributed by atoms with E-state index in [0.29, 0.717) is 0 Å². The zero-order valence-electron chi connectivity index (χ0n) is 14.2. The highest BCUT2D eigenvalue weighted by Crippen LogP contribution is 2.20. The standard InChI is InChI=1S/C17H29NO2S/c1-7-8-18-17(15(5)21(6,19)20)11-16-13(3)9-12(2)10-14(16)4/h9-10,15,17-18H,7-8,11H2,1-6H3. The zero-order chi connectivity index (χ0) is 16.2. The third-order valence-corrected chi connectivity index (χ3v) is 5.84. The van der Waals surface area contributed by atoms with Crippen molar-refractivity contribution in [1.29, 1.82) is 0 Å². The van der Waals surface area contributed by atoms with Crippen molar-refractivity contribution in [3.8, 4) is 0 Å². The van der Waals surface area contributed by atoms with E-state index in [0.717, 1.165) is 19.4 Å². The molecule has 0 aliphatic carbocycles. The quantitative estimate of drug-likeness (QED) is 0.842.